The molecule has 0 fully saturated rings. The molecule has 1 nitrogen and oxygen atoms in total. The molecule has 0 saturated heterocycles. The molecule has 0 radical (unpaired) electrons. The number of hydrogen-bond acceptors (Lipinski definition) is 1. The van der Waals surface area contributed by atoms with Gasteiger partial charge in [-0.05, 0) is 44.1 Å². The summed E-state index contributed by atoms with van der Waals surface area (Å²) in [6, 6.07) is 0. The van der Waals surface area contributed by atoms with Crippen LogP contribution in [0.5, 0.6) is 0 Å². The van der Waals surface area contributed by atoms with E-state index in [1.165, 1.54) is 38.5 Å². The van der Waals surface area contributed by atoms with E-state index in [-0.39, 0.29) is 0 Å². The Labute approximate surface area is 107 Å². The van der Waals surface area contributed by atoms with Crippen LogP contribution in [0.15, 0.2) is 11.6 Å². The normalized spacial score (nSPS) is 19.1. The summed E-state index contributed by atoms with van der Waals surface area (Å²) in [5.41, 5.74) is 1.15. The maximum atomic E-state index is 12.4. The van der Waals surface area contributed by atoms with Gasteiger partial charge in [0.1, 0.15) is 0 Å². The lowest BCUT2D eigenvalue weighted by molar-refractivity contribution is -0.119. The first-order valence-corrected chi connectivity index (χ1v) is 7.52. The quantitative estimate of drug-likeness (QED) is 0.630. The van der Waals surface area contributed by atoms with Crippen molar-refractivity contribution in [1.29, 1.82) is 0 Å². The van der Waals surface area contributed by atoms with E-state index in [1.807, 2.05) is 0 Å². The number of carbonyl (C=O) groups excluding carboxylic acids is 1. The summed E-state index contributed by atoms with van der Waals surface area (Å²) in [7, 11) is 0. The molecule has 1 atom stereocenters. The highest BCUT2D eigenvalue weighted by Gasteiger charge is 2.19. The summed E-state index contributed by atoms with van der Waals surface area (Å²) in [5, 5.41) is 0. The number of hydrogen-bond donors (Lipinski definition) is 0. The van der Waals surface area contributed by atoms with Gasteiger partial charge in [0, 0.05) is 5.92 Å². The van der Waals surface area contributed by atoms with Crippen molar-refractivity contribution in [2.75, 3.05) is 0 Å². The molecule has 0 aromatic rings. The minimum atomic E-state index is 0.292. The Bertz CT molecular complexity index is 252. The Morgan fingerprint density at radius 1 is 1.24 bits per heavy atom. The molecule has 0 heterocycles. The van der Waals surface area contributed by atoms with E-state index in [1.54, 1.807) is 0 Å². The van der Waals surface area contributed by atoms with Crippen LogP contribution in [0, 0.1) is 5.92 Å². The van der Waals surface area contributed by atoms with E-state index >= 15 is 0 Å². The number of ketones is 1. The van der Waals surface area contributed by atoms with Gasteiger partial charge < -0.3 is 0 Å². The van der Waals surface area contributed by atoms with Gasteiger partial charge in [0.05, 0.1) is 0 Å². The SMILES string of the molecule is CCCCC(CC)C(=O)C1=CCCCCCC1. The molecular weight excluding hydrogens is 208 g/mol. The van der Waals surface area contributed by atoms with Crippen LogP contribution >= 0.6 is 0 Å². The van der Waals surface area contributed by atoms with Crippen molar-refractivity contribution in [1.82, 2.24) is 0 Å². The van der Waals surface area contributed by atoms with Crippen molar-refractivity contribution in [3.8, 4) is 0 Å². The molecule has 0 bridgehead atoms. The molecule has 98 valence electrons. The second-order valence-corrected chi connectivity index (χ2v) is 5.29. The lowest BCUT2D eigenvalue weighted by Gasteiger charge is -2.17. The molecule has 0 amide bonds. The van der Waals surface area contributed by atoms with Gasteiger partial charge in [0.25, 0.3) is 0 Å². The average molecular weight is 236 g/mol. The Morgan fingerprint density at radius 3 is 2.71 bits per heavy atom. The Kier molecular flexibility index (Phi) is 7.23. The van der Waals surface area contributed by atoms with E-state index < -0.39 is 0 Å². The van der Waals surface area contributed by atoms with E-state index in [0.29, 0.717) is 11.7 Å². The summed E-state index contributed by atoms with van der Waals surface area (Å²) in [5.74, 6) is 0.753. The zero-order valence-electron chi connectivity index (χ0n) is 11.6. The van der Waals surface area contributed by atoms with E-state index in [0.717, 1.165) is 31.3 Å². The highest BCUT2D eigenvalue weighted by Crippen LogP contribution is 2.24. The van der Waals surface area contributed by atoms with Crippen LogP contribution in [-0.2, 0) is 4.79 Å². The van der Waals surface area contributed by atoms with Gasteiger partial charge in [-0.15, -0.1) is 0 Å². The average Bonchev–Trinajstić information content (AvgIpc) is 2.29. The molecule has 1 heteroatoms. The highest BCUT2D eigenvalue weighted by molar-refractivity contribution is 5.97. The van der Waals surface area contributed by atoms with Crippen molar-refractivity contribution >= 4 is 5.78 Å². The fourth-order valence-corrected chi connectivity index (χ4v) is 2.65. The number of carbonyl (C=O) groups is 1. The fraction of sp³-hybridized carbons (Fsp3) is 0.812. The van der Waals surface area contributed by atoms with E-state index in [4.69, 9.17) is 0 Å². The van der Waals surface area contributed by atoms with Crippen molar-refractivity contribution in [2.45, 2.75) is 78.1 Å². The third-order valence-electron chi connectivity index (χ3n) is 3.88. The molecule has 0 N–H and O–H groups in total. The topological polar surface area (TPSA) is 17.1 Å². The van der Waals surface area contributed by atoms with Gasteiger partial charge >= 0.3 is 0 Å². The first kappa shape index (κ1) is 14.5. The van der Waals surface area contributed by atoms with E-state index in [2.05, 4.69) is 19.9 Å². The van der Waals surface area contributed by atoms with Crippen molar-refractivity contribution in [3.63, 3.8) is 0 Å². The van der Waals surface area contributed by atoms with Crippen molar-refractivity contribution in [2.24, 2.45) is 5.92 Å². The Hall–Kier alpha value is -0.590. The second-order valence-electron chi connectivity index (χ2n) is 5.29. The molecule has 0 aromatic carbocycles. The molecule has 17 heavy (non-hydrogen) atoms. The van der Waals surface area contributed by atoms with E-state index in [9.17, 15) is 4.79 Å². The summed E-state index contributed by atoms with van der Waals surface area (Å²) >= 11 is 0. The zero-order valence-corrected chi connectivity index (χ0v) is 11.6. The monoisotopic (exact) mass is 236 g/mol. The molecule has 1 aliphatic rings. The zero-order chi connectivity index (χ0) is 12.5. The largest absolute Gasteiger partial charge is 0.294 e. The third kappa shape index (κ3) is 5.06. The van der Waals surface area contributed by atoms with Crippen LogP contribution in [0.3, 0.4) is 0 Å². The summed E-state index contributed by atoms with van der Waals surface area (Å²) in [6.45, 7) is 4.36. The summed E-state index contributed by atoms with van der Waals surface area (Å²) in [4.78, 5) is 12.4. The number of allylic oxidation sites excluding steroid dienone is 2. The summed E-state index contributed by atoms with van der Waals surface area (Å²) < 4.78 is 0. The molecular formula is C16H28O. The molecule has 0 spiro atoms. The number of rotatable bonds is 6. The lowest BCUT2D eigenvalue weighted by Crippen LogP contribution is -2.16. The lowest BCUT2D eigenvalue weighted by atomic mass is 9.87. The number of unbranched alkanes of at least 4 members (excludes halogenated alkanes) is 1. The molecule has 0 saturated carbocycles. The smallest absolute Gasteiger partial charge is 0.161 e. The summed E-state index contributed by atoms with van der Waals surface area (Å²) in [6.07, 6.45) is 14.0. The second kappa shape index (κ2) is 8.49. The van der Waals surface area contributed by atoms with Crippen molar-refractivity contribution in [3.05, 3.63) is 11.6 Å². The molecule has 1 unspecified atom stereocenters. The highest BCUT2D eigenvalue weighted by atomic mass is 16.1. The first-order valence-electron chi connectivity index (χ1n) is 7.52. The minimum Gasteiger partial charge on any atom is -0.294 e. The van der Waals surface area contributed by atoms with Gasteiger partial charge in [0.2, 0.25) is 0 Å². The van der Waals surface area contributed by atoms with Gasteiger partial charge in [-0.1, -0.05) is 45.6 Å². The van der Waals surface area contributed by atoms with Crippen molar-refractivity contribution < 1.29 is 4.79 Å². The van der Waals surface area contributed by atoms with Crippen LogP contribution in [-0.4, -0.2) is 5.78 Å². The predicted molar refractivity (Wildman–Crippen MR) is 74.1 cm³/mol. The van der Waals surface area contributed by atoms with Gasteiger partial charge in [-0.2, -0.15) is 0 Å². The van der Waals surface area contributed by atoms with Gasteiger partial charge in [-0.3, -0.25) is 4.79 Å². The van der Waals surface area contributed by atoms with Crippen LogP contribution in [0.1, 0.15) is 78.1 Å². The predicted octanol–water partition coefficient (Wildman–Crippen LogP) is 5.05. The van der Waals surface area contributed by atoms with Gasteiger partial charge in [0.15, 0.2) is 5.78 Å². The fourth-order valence-electron chi connectivity index (χ4n) is 2.65. The number of Topliss-reactive ketones (excluding diaryl/α,β-unsaturated/α-hetero) is 1. The Morgan fingerprint density at radius 2 is 2.00 bits per heavy atom. The standard InChI is InChI=1S/C16H28O/c1-3-5-11-14(4-2)16(17)15-12-9-7-6-8-10-13-15/h12,14H,3-11,13H2,1-2H3. The van der Waals surface area contributed by atoms with Crippen LogP contribution in [0.2, 0.25) is 0 Å². The third-order valence-corrected chi connectivity index (χ3v) is 3.88. The molecule has 1 aliphatic carbocycles. The van der Waals surface area contributed by atoms with Crippen LogP contribution in [0.25, 0.3) is 0 Å². The maximum absolute atomic E-state index is 12.4. The molecule has 0 aromatic heterocycles. The van der Waals surface area contributed by atoms with Crippen LogP contribution < -0.4 is 0 Å². The first-order chi connectivity index (χ1) is 8.29. The maximum Gasteiger partial charge on any atom is 0.161 e. The minimum absolute atomic E-state index is 0.292. The van der Waals surface area contributed by atoms with Gasteiger partial charge in [-0.25, -0.2) is 0 Å². The van der Waals surface area contributed by atoms with Crippen LogP contribution in [0.4, 0.5) is 0 Å². The molecule has 0 aliphatic heterocycles. The molecule has 1 rings (SSSR count). The Balaban J connectivity index is 2.57.